The molecule has 1 aromatic carbocycles. The summed E-state index contributed by atoms with van der Waals surface area (Å²) in [6.07, 6.45) is 0. The molecule has 78 valence electrons. The molecule has 0 aliphatic carbocycles. The highest BCUT2D eigenvalue weighted by Crippen LogP contribution is 2.25. The van der Waals surface area contributed by atoms with Gasteiger partial charge in [0.15, 0.2) is 0 Å². The molecule has 14 heavy (non-hydrogen) atoms. The number of hydrogen-bond donors (Lipinski definition) is 0. The van der Waals surface area contributed by atoms with Crippen molar-refractivity contribution >= 4 is 23.2 Å². The van der Waals surface area contributed by atoms with Crippen LogP contribution in [-0.2, 0) is 6.54 Å². The average Bonchev–Trinajstić information content (AvgIpc) is 2.18. The van der Waals surface area contributed by atoms with Crippen molar-refractivity contribution in [1.29, 1.82) is 0 Å². The van der Waals surface area contributed by atoms with E-state index in [1.54, 1.807) is 7.11 Å². The van der Waals surface area contributed by atoms with Gasteiger partial charge in [0, 0.05) is 6.54 Å². The average molecular weight is 234 g/mol. The van der Waals surface area contributed by atoms with E-state index in [4.69, 9.17) is 27.9 Å². The predicted molar refractivity (Wildman–Crippen MR) is 60.2 cm³/mol. The molecule has 0 radical (unpaired) electrons. The zero-order valence-electron chi connectivity index (χ0n) is 8.26. The summed E-state index contributed by atoms with van der Waals surface area (Å²) in [5, 5.41) is 0.632. The van der Waals surface area contributed by atoms with Gasteiger partial charge in [0.2, 0.25) is 0 Å². The van der Waals surface area contributed by atoms with E-state index < -0.39 is 0 Å². The maximum Gasteiger partial charge on any atom is 0.137 e. The third-order valence-electron chi connectivity index (χ3n) is 1.87. The Morgan fingerprint density at radius 2 is 2.14 bits per heavy atom. The molecule has 0 unspecified atom stereocenters. The minimum Gasteiger partial charge on any atom is -0.495 e. The summed E-state index contributed by atoms with van der Waals surface area (Å²) >= 11 is 11.6. The smallest absolute Gasteiger partial charge is 0.137 e. The molecule has 0 heterocycles. The molecule has 0 N–H and O–H groups in total. The Hall–Kier alpha value is -0.440. The fourth-order valence-electron chi connectivity index (χ4n) is 1.16. The van der Waals surface area contributed by atoms with Gasteiger partial charge in [-0.05, 0) is 24.7 Å². The lowest BCUT2D eigenvalue weighted by molar-refractivity contribution is 0.381. The SMILES string of the molecule is COc1ccc(CN(C)CCl)cc1Cl. The molecule has 0 amide bonds. The van der Waals surface area contributed by atoms with Crippen LogP contribution in [0.15, 0.2) is 18.2 Å². The van der Waals surface area contributed by atoms with Gasteiger partial charge in [-0.1, -0.05) is 17.7 Å². The van der Waals surface area contributed by atoms with Crippen LogP contribution >= 0.6 is 23.2 Å². The van der Waals surface area contributed by atoms with Gasteiger partial charge in [0.25, 0.3) is 0 Å². The second-order valence-electron chi connectivity index (χ2n) is 3.10. The van der Waals surface area contributed by atoms with Crippen LogP contribution < -0.4 is 4.74 Å². The van der Waals surface area contributed by atoms with Gasteiger partial charge in [-0.3, -0.25) is 4.90 Å². The van der Waals surface area contributed by atoms with Crippen LogP contribution in [0, 0.1) is 0 Å². The third-order valence-corrected chi connectivity index (χ3v) is 2.58. The second kappa shape index (κ2) is 5.44. The van der Waals surface area contributed by atoms with E-state index in [1.807, 2.05) is 30.1 Å². The fourth-order valence-corrected chi connectivity index (χ4v) is 1.53. The summed E-state index contributed by atoms with van der Waals surface area (Å²) in [4.78, 5) is 1.99. The standard InChI is InChI=1S/C10H13Cl2NO/c1-13(7-11)6-8-3-4-10(14-2)9(12)5-8/h3-5H,6-7H2,1-2H3. The normalized spacial score (nSPS) is 10.6. The second-order valence-corrected chi connectivity index (χ2v) is 3.75. The van der Waals surface area contributed by atoms with Gasteiger partial charge in [-0.25, -0.2) is 0 Å². The van der Waals surface area contributed by atoms with Crippen molar-refractivity contribution < 1.29 is 4.74 Å². The number of methoxy groups -OCH3 is 1. The van der Waals surface area contributed by atoms with Crippen LogP contribution in [0.25, 0.3) is 0 Å². The molecule has 0 aromatic heterocycles. The molecule has 0 fully saturated rings. The topological polar surface area (TPSA) is 12.5 Å². The van der Waals surface area contributed by atoms with Crippen molar-refractivity contribution in [2.45, 2.75) is 6.54 Å². The van der Waals surface area contributed by atoms with Crippen molar-refractivity contribution in [3.63, 3.8) is 0 Å². The maximum atomic E-state index is 5.98. The Labute approximate surface area is 94.4 Å². The molecule has 0 spiro atoms. The van der Waals surface area contributed by atoms with Crippen molar-refractivity contribution in [1.82, 2.24) is 4.90 Å². The third kappa shape index (κ3) is 3.05. The highest BCUT2D eigenvalue weighted by molar-refractivity contribution is 6.32. The zero-order valence-corrected chi connectivity index (χ0v) is 9.77. The lowest BCUT2D eigenvalue weighted by Gasteiger charge is -2.13. The summed E-state index contributed by atoms with van der Waals surface area (Å²) < 4.78 is 5.06. The minimum atomic E-state index is 0.504. The van der Waals surface area contributed by atoms with Crippen molar-refractivity contribution in [3.05, 3.63) is 28.8 Å². The number of hydrogen-bond acceptors (Lipinski definition) is 2. The molecule has 2 nitrogen and oxygen atoms in total. The summed E-state index contributed by atoms with van der Waals surface area (Å²) in [5.41, 5.74) is 1.12. The summed E-state index contributed by atoms with van der Waals surface area (Å²) in [5.74, 6) is 0.698. The van der Waals surface area contributed by atoms with Crippen molar-refractivity contribution in [2.24, 2.45) is 0 Å². The number of ether oxygens (including phenoxy) is 1. The molecule has 4 heteroatoms. The highest BCUT2D eigenvalue weighted by atomic mass is 35.5. The van der Waals surface area contributed by atoms with E-state index in [-0.39, 0.29) is 0 Å². The van der Waals surface area contributed by atoms with Crippen molar-refractivity contribution in [3.8, 4) is 5.75 Å². The monoisotopic (exact) mass is 233 g/mol. The van der Waals surface area contributed by atoms with E-state index in [0.29, 0.717) is 16.8 Å². The fraction of sp³-hybridized carbons (Fsp3) is 0.400. The number of benzene rings is 1. The summed E-state index contributed by atoms with van der Waals surface area (Å²) in [7, 11) is 3.55. The lowest BCUT2D eigenvalue weighted by Crippen LogP contribution is -2.15. The van der Waals surface area contributed by atoms with E-state index in [2.05, 4.69) is 0 Å². The Morgan fingerprint density at radius 1 is 1.43 bits per heavy atom. The number of halogens is 2. The molecular formula is C10H13Cl2NO. The Morgan fingerprint density at radius 3 is 2.64 bits per heavy atom. The first-order valence-corrected chi connectivity index (χ1v) is 5.15. The van der Waals surface area contributed by atoms with Gasteiger partial charge in [-0.15, -0.1) is 11.6 Å². The molecule has 1 aromatic rings. The van der Waals surface area contributed by atoms with Crippen LogP contribution in [-0.4, -0.2) is 25.1 Å². The quantitative estimate of drug-likeness (QED) is 0.586. The highest BCUT2D eigenvalue weighted by Gasteiger charge is 2.03. The van der Waals surface area contributed by atoms with E-state index in [0.717, 1.165) is 12.1 Å². The first kappa shape index (κ1) is 11.6. The lowest BCUT2D eigenvalue weighted by atomic mass is 10.2. The largest absolute Gasteiger partial charge is 0.495 e. The summed E-state index contributed by atoms with van der Waals surface area (Å²) in [6.45, 7) is 0.785. The molecular weight excluding hydrogens is 221 g/mol. The number of alkyl halides is 1. The van der Waals surface area contributed by atoms with Crippen LogP contribution in [0.1, 0.15) is 5.56 Å². The number of rotatable bonds is 4. The van der Waals surface area contributed by atoms with Crippen LogP contribution in [0.2, 0.25) is 5.02 Å². The van der Waals surface area contributed by atoms with Gasteiger partial charge in [0.05, 0.1) is 18.1 Å². The molecule has 0 aliphatic heterocycles. The molecule has 1 rings (SSSR count). The molecule has 0 aliphatic rings. The maximum absolute atomic E-state index is 5.98. The molecule has 0 saturated heterocycles. The van der Waals surface area contributed by atoms with Gasteiger partial charge in [0.1, 0.15) is 5.75 Å². The van der Waals surface area contributed by atoms with Crippen LogP contribution in [0.5, 0.6) is 5.75 Å². The van der Waals surface area contributed by atoms with E-state index >= 15 is 0 Å². The van der Waals surface area contributed by atoms with Crippen LogP contribution in [0.4, 0.5) is 0 Å². The summed E-state index contributed by atoms with van der Waals surface area (Å²) in [6, 6.07) is 6.24. The number of nitrogens with zero attached hydrogens (tertiary/aromatic N) is 1. The molecule has 0 bridgehead atoms. The first-order valence-electron chi connectivity index (χ1n) is 4.24. The van der Waals surface area contributed by atoms with Gasteiger partial charge < -0.3 is 4.74 Å². The molecule has 0 saturated carbocycles. The van der Waals surface area contributed by atoms with Crippen LogP contribution in [0.3, 0.4) is 0 Å². The first-order chi connectivity index (χ1) is 6.67. The van der Waals surface area contributed by atoms with Gasteiger partial charge in [-0.2, -0.15) is 0 Å². The van der Waals surface area contributed by atoms with Gasteiger partial charge >= 0.3 is 0 Å². The van der Waals surface area contributed by atoms with Crippen molar-refractivity contribution in [2.75, 3.05) is 20.2 Å². The predicted octanol–water partition coefficient (Wildman–Crippen LogP) is 2.98. The zero-order chi connectivity index (χ0) is 10.6. The van der Waals surface area contributed by atoms with E-state index in [9.17, 15) is 0 Å². The Bertz CT molecular complexity index is 304. The molecule has 0 atom stereocenters. The Balaban J connectivity index is 2.76. The minimum absolute atomic E-state index is 0.504. The van der Waals surface area contributed by atoms with E-state index in [1.165, 1.54) is 0 Å². The Kier molecular flexibility index (Phi) is 4.52.